The van der Waals surface area contributed by atoms with Crippen molar-refractivity contribution in [3.8, 4) is 11.5 Å². The van der Waals surface area contributed by atoms with Gasteiger partial charge in [0.2, 0.25) is 0 Å². The van der Waals surface area contributed by atoms with Crippen LogP contribution in [0.3, 0.4) is 0 Å². The fourth-order valence-corrected chi connectivity index (χ4v) is 1.69. The molecule has 0 spiro atoms. The number of phenolic OH excluding ortho intramolecular Hbond substituents is 1. The molecular formula is C14H16N4O3. The van der Waals surface area contributed by atoms with Gasteiger partial charge >= 0.3 is 0 Å². The third kappa shape index (κ3) is 3.38. The second-order valence-corrected chi connectivity index (χ2v) is 4.46. The molecule has 0 bridgehead atoms. The van der Waals surface area contributed by atoms with Crippen molar-refractivity contribution in [2.24, 2.45) is 5.10 Å². The highest BCUT2D eigenvalue weighted by molar-refractivity contribution is 6.00. The number of aromatic hydroxyl groups is 1. The van der Waals surface area contributed by atoms with E-state index < -0.39 is 5.91 Å². The fraction of sp³-hybridized carbons (Fsp3) is 0.214. The van der Waals surface area contributed by atoms with E-state index in [2.05, 4.69) is 20.7 Å². The van der Waals surface area contributed by atoms with Crippen LogP contribution in [0.25, 0.3) is 0 Å². The topological polar surface area (TPSA) is 99.6 Å². The maximum atomic E-state index is 11.8. The van der Waals surface area contributed by atoms with Crippen LogP contribution in [0.4, 0.5) is 0 Å². The van der Waals surface area contributed by atoms with Crippen molar-refractivity contribution in [3.05, 3.63) is 41.2 Å². The van der Waals surface area contributed by atoms with Crippen molar-refractivity contribution in [2.45, 2.75) is 13.8 Å². The van der Waals surface area contributed by atoms with Gasteiger partial charge in [-0.2, -0.15) is 10.2 Å². The molecule has 7 nitrogen and oxygen atoms in total. The number of rotatable bonds is 4. The second-order valence-electron chi connectivity index (χ2n) is 4.46. The van der Waals surface area contributed by atoms with E-state index in [9.17, 15) is 9.90 Å². The Morgan fingerprint density at radius 2 is 2.19 bits per heavy atom. The molecule has 21 heavy (non-hydrogen) atoms. The van der Waals surface area contributed by atoms with Crippen LogP contribution in [0, 0.1) is 6.92 Å². The average Bonchev–Trinajstić information content (AvgIpc) is 2.91. The highest BCUT2D eigenvalue weighted by Gasteiger charge is 2.09. The number of aromatic nitrogens is 2. The molecule has 7 heteroatoms. The Hall–Kier alpha value is -2.83. The van der Waals surface area contributed by atoms with Crippen LogP contribution in [0.5, 0.6) is 11.5 Å². The number of nitrogens with one attached hydrogen (secondary N) is 2. The summed E-state index contributed by atoms with van der Waals surface area (Å²) in [5.41, 5.74) is 4.79. The minimum Gasteiger partial charge on any atom is -0.504 e. The lowest BCUT2D eigenvalue weighted by Gasteiger charge is -2.06. The summed E-state index contributed by atoms with van der Waals surface area (Å²) in [6, 6.07) is 6.45. The number of amides is 1. The van der Waals surface area contributed by atoms with Crippen molar-refractivity contribution in [2.75, 3.05) is 7.11 Å². The van der Waals surface area contributed by atoms with Gasteiger partial charge in [-0.3, -0.25) is 9.89 Å². The predicted molar refractivity (Wildman–Crippen MR) is 77.7 cm³/mol. The first kappa shape index (κ1) is 14.6. The molecule has 0 aliphatic heterocycles. The Labute approximate surface area is 121 Å². The van der Waals surface area contributed by atoms with Crippen LogP contribution < -0.4 is 10.2 Å². The zero-order chi connectivity index (χ0) is 15.4. The first-order valence-electron chi connectivity index (χ1n) is 6.25. The number of methoxy groups -OCH3 is 1. The molecule has 0 saturated carbocycles. The van der Waals surface area contributed by atoms with Gasteiger partial charge in [0.25, 0.3) is 5.91 Å². The van der Waals surface area contributed by atoms with E-state index in [0.717, 1.165) is 11.3 Å². The molecule has 0 aliphatic carbocycles. The van der Waals surface area contributed by atoms with Gasteiger partial charge in [-0.25, -0.2) is 5.43 Å². The number of aromatic amines is 1. The number of aryl methyl sites for hydroxylation is 1. The standard InChI is InChI=1S/C14H16N4O3/c1-8-6-11(17-15-8)14(20)18-16-9(2)10-4-5-12(19)13(7-10)21-3/h4-7,19H,1-3H3,(H,15,17)(H,18,20)/b16-9+. The smallest absolute Gasteiger partial charge is 0.291 e. The molecule has 0 aliphatic rings. The number of carbonyl (C=O) groups excluding carboxylic acids is 1. The largest absolute Gasteiger partial charge is 0.504 e. The molecule has 0 atom stereocenters. The average molecular weight is 288 g/mol. The van der Waals surface area contributed by atoms with Crippen molar-refractivity contribution in [1.82, 2.24) is 15.6 Å². The van der Waals surface area contributed by atoms with E-state index in [0.29, 0.717) is 11.5 Å². The summed E-state index contributed by atoms with van der Waals surface area (Å²) in [5.74, 6) is -0.00849. The lowest BCUT2D eigenvalue weighted by molar-refractivity contribution is 0.0950. The van der Waals surface area contributed by atoms with E-state index in [-0.39, 0.29) is 11.4 Å². The molecule has 3 N–H and O–H groups in total. The minimum atomic E-state index is -0.399. The highest BCUT2D eigenvalue weighted by Crippen LogP contribution is 2.26. The normalized spacial score (nSPS) is 11.3. The maximum Gasteiger partial charge on any atom is 0.291 e. The number of hydrogen-bond acceptors (Lipinski definition) is 5. The first-order valence-corrected chi connectivity index (χ1v) is 6.25. The predicted octanol–water partition coefficient (Wildman–Crippen LogP) is 1.59. The Balaban J connectivity index is 2.12. The minimum absolute atomic E-state index is 0.0464. The molecule has 1 amide bonds. The number of hydrogen-bond donors (Lipinski definition) is 3. The third-order valence-corrected chi connectivity index (χ3v) is 2.86. The van der Waals surface area contributed by atoms with E-state index in [1.807, 2.05) is 0 Å². The SMILES string of the molecule is COc1cc(/C(C)=N/NC(=O)c2cc(C)[nH]n2)ccc1O. The zero-order valence-electron chi connectivity index (χ0n) is 12.0. The Kier molecular flexibility index (Phi) is 4.22. The summed E-state index contributed by atoms with van der Waals surface area (Å²) < 4.78 is 5.03. The summed E-state index contributed by atoms with van der Waals surface area (Å²) in [6.45, 7) is 3.54. The van der Waals surface area contributed by atoms with Crippen molar-refractivity contribution >= 4 is 11.6 Å². The molecule has 1 aromatic heterocycles. The molecule has 0 fully saturated rings. The number of hydrazone groups is 1. The summed E-state index contributed by atoms with van der Waals surface area (Å²) in [5, 5.41) is 20.1. The van der Waals surface area contributed by atoms with Crippen molar-refractivity contribution < 1.29 is 14.6 Å². The number of nitrogens with zero attached hydrogens (tertiary/aromatic N) is 2. The van der Waals surface area contributed by atoms with Crippen LogP contribution in [0.1, 0.15) is 28.7 Å². The Morgan fingerprint density at radius 3 is 2.81 bits per heavy atom. The summed E-state index contributed by atoms with van der Waals surface area (Å²) in [4.78, 5) is 11.8. The number of carbonyl (C=O) groups is 1. The van der Waals surface area contributed by atoms with Gasteiger partial charge in [-0.1, -0.05) is 0 Å². The molecular weight excluding hydrogens is 272 g/mol. The zero-order valence-corrected chi connectivity index (χ0v) is 12.0. The van der Waals surface area contributed by atoms with E-state index >= 15 is 0 Å². The van der Waals surface area contributed by atoms with E-state index in [1.54, 1.807) is 32.0 Å². The molecule has 2 aromatic rings. The molecule has 0 saturated heterocycles. The maximum absolute atomic E-state index is 11.8. The fourth-order valence-electron chi connectivity index (χ4n) is 1.69. The van der Waals surface area contributed by atoms with Crippen LogP contribution in [0.15, 0.2) is 29.4 Å². The number of H-pyrrole nitrogens is 1. The van der Waals surface area contributed by atoms with Crippen molar-refractivity contribution in [3.63, 3.8) is 0 Å². The van der Waals surface area contributed by atoms with Crippen LogP contribution >= 0.6 is 0 Å². The van der Waals surface area contributed by atoms with Crippen LogP contribution in [0.2, 0.25) is 0 Å². The quantitative estimate of drug-likeness (QED) is 0.587. The summed E-state index contributed by atoms with van der Waals surface area (Å²) in [7, 11) is 1.47. The van der Waals surface area contributed by atoms with Gasteiger partial charge in [0.15, 0.2) is 17.2 Å². The van der Waals surface area contributed by atoms with Gasteiger partial charge in [-0.15, -0.1) is 0 Å². The number of benzene rings is 1. The number of ether oxygens (including phenoxy) is 1. The highest BCUT2D eigenvalue weighted by atomic mass is 16.5. The molecule has 110 valence electrons. The third-order valence-electron chi connectivity index (χ3n) is 2.86. The monoisotopic (exact) mass is 288 g/mol. The molecule has 1 aromatic carbocycles. The molecule has 0 radical (unpaired) electrons. The van der Waals surface area contributed by atoms with Crippen LogP contribution in [-0.2, 0) is 0 Å². The van der Waals surface area contributed by atoms with Gasteiger partial charge in [0, 0.05) is 11.3 Å². The van der Waals surface area contributed by atoms with Gasteiger partial charge in [-0.05, 0) is 38.1 Å². The molecule has 2 rings (SSSR count). The lowest BCUT2D eigenvalue weighted by Crippen LogP contribution is -2.19. The first-order chi connectivity index (χ1) is 10.0. The Bertz CT molecular complexity index is 691. The lowest BCUT2D eigenvalue weighted by atomic mass is 10.1. The van der Waals surface area contributed by atoms with Crippen molar-refractivity contribution in [1.29, 1.82) is 0 Å². The number of phenols is 1. The molecule has 1 heterocycles. The second kappa shape index (κ2) is 6.08. The van der Waals surface area contributed by atoms with Crippen LogP contribution in [-0.4, -0.2) is 34.0 Å². The van der Waals surface area contributed by atoms with Gasteiger partial charge in [0.1, 0.15) is 0 Å². The summed E-state index contributed by atoms with van der Waals surface area (Å²) in [6.07, 6.45) is 0. The summed E-state index contributed by atoms with van der Waals surface area (Å²) >= 11 is 0. The van der Waals surface area contributed by atoms with E-state index in [4.69, 9.17) is 4.74 Å². The van der Waals surface area contributed by atoms with Gasteiger partial charge in [0.05, 0.1) is 12.8 Å². The van der Waals surface area contributed by atoms with Gasteiger partial charge < -0.3 is 9.84 Å². The van der Waals surface area contributed by atoms with E-state index in [1.165, 1.54) is 13.2 Å². The Morgan fingerprint density at radius 1 is 1.43 bits per heavy atom. The molecule has 0 unspecified atom stereocenters.